The summed E-state index contributed by atoms with van der Waals surface area (Å²) in [5, 5.41) is 3.46. The monoisotopic (exact) mass is 463 g/mol. The molecule has 0 atom stereocenters. The van der Waals surface area contributed by atoms with Crippen LogP contribution in [0.25, 0.3) is 0 Å². The topological polar surface area (TPSA) is 69.7 Å². The van der Waals surface area contributed by atoms with Crippen LogP contribution >= 0.6 is 11.6 Å². The van der Waals surface area contributed by atoms with Gasteiger partial charge in [0.25, 0.3) is 0 Å². The van der Waals surface area contributed by atoms with Gasteiger partial charge in [-0.3, -0.25) is 14.0 Å². The Labute approximate surface area is 190 Å². The second kappa shape index (κ2) is 11.0. The van der Waals surface area contributed by atoms with Crippen molar-refractivity contribution in [3.05, 3.63) is 64.7 Å². The van der Waals surface area contributed by atoms with Crippen LogP contribution in [0.2, 0.25) is 5.02 Å². The van der Waals surface area contributed by atoms with Crippen LogP contribution in [0.5, 0.6) is 0 Å². The molecule has 8 heteroatoms. The minimum absolute atomic E-state index is 0.0919. The average Bonchev–Trinajstić information content (AvgIpc) is 3.24. The fraction of sp³-hybridized carbons (Fsp3) is 0.435. The molecule has 0 spiro atoms. The lowest BCUT2D eigenvalue weighted by Crippen LogP contribution is -2.32. The summed E-state index contributed by atoms with van der Waals surface area (Å²) in [4.78, 5) is 14.7. The lowest BCUT2D eigenvalue weighted by molar-refractivity contribution is -0.121. The standard InChI is InChI=1S/C23H30ClN3O3S/c1-31(29,30)27(22-12-10-21(24)11-13-22)16-4-5-23(28)25-17-19-6-8-20(9-7-19)18-26-14-2-3-15-26/h6-13H,2-5,14-18H2,1H3,(H,25,28). The minimum Gasteiger partial charge on any atom is -0.352 e. The molecule has 1 aliphatic rings. The van der Waals surface area contributed by atoms with Crippen molar-refractivity contribution in [1.29, 1.82) is 0 Å². The number of rotatable bonds is 10. The van der Waals surface area contributed by atoms with Gasteiger partial charge in [0.15, 0.2) is 0 Å². The first-order valence-corrected chi connectivity index (χ1v) is 12.8. The maximum Gasteiger partial charge on any atom is 0.232 e. The van der Waals surface area contributed by atoms with Crippen LogP contribution in [-0.4, -0.2) is 45.1 Å². The van der Waals surface area contributed by atoms with Crippen LogP contribution in [-0.2, 0) is 27.9 Å². The Morgan fingerprint density at radius 2 is 1.65 bits per heavy atom. The van der Waals surface area contributed by atoms with Crippen LogP contribution in [0.4, 0.5) is 5.69 Å². The number of carbonyl (C=O) groups is 1. The maximum atomic E-state index is 12.2. The fourth-order valence-electron chi connectivity index (χ4n) is 3.73. The quantitative estimate of drug-likeness (QED) is 0.581. The number of likely N-dealkylation sites (tertiary alicyclic amines) is 1. The van der Waals surface area contributed by atoms with E-state index >= 15 is 0 Å². The van der Waals surface area contributed by atoms with E-state index in [-0.39, 0.29) is 18.9 Å². The third kappa shape index (κ3) is 7.52. The molecule has 3 rings (SSSR count). The second-order valence-electron chi connectivity index (χ2n) is 7.99. The van der Waals surface area contributed by atoms with Crippen molar-refractivity contribution in [2.75, 3.05) is 30.2 Å². The highest BCUT2D eigenvalue weighted by Gasteiger charge is 2.17. The van der Waals surface area contributed by atoms with Gasteiger partial charge in [-0.05, 0) is 67.7 Å². The van der Waals surface area contributed by atoms with E-state index in [4.69, 9.17) is 11.6 Å². The molecule has 1 saturated heterocycles. The van der Waals surface area contributed by atoms with Gasteiger partial charge in [0.05, 0.1) is 11.9 Å². The number of amides is 1. The summed E-state index contributed by atoms with van der Waals surface area (Å²) in [5.74, 6) is -0.0919. The van der Waals surface area contributed by atoms with Crippen molar-refractivity contribution >= 4 is 33.2 Å². The van der Waals surface area contributed by atoms with Crippen LogP contribution in [0.15, 0.2) is 48.5 Å². The average molecular weight is 464 g/mol. The zero-order valence-electron chi connectivity index (χ0n) is 17.9. The molecule has 0 saturated carbocycles. The first kappa shape index (κ1) is 23.6. The SMILES string of the molecule is CS(=O)(=O)N(CCCC(=O)NCc1ccc(CN2CCCC2)cc1)c1ccc(Cl)cc1. The summed E-state index contributed by atoms with van der Waals surface area (Å²) in [6.45, 7) is 4.03. The summed E-state index contributed by atoms with van der Waals surface area (Å²) >= 11 is 5.89. The van der Waals surface area contributed by atoms with Gasteiger partial charge in [0.1, 0.15) is 0 Å². The third-order valence-electron chi connectivity index (χ3n) is 5.40. The van der Waals surface area contributed by atoms with E-state index in [9.17, 15) is 13.2 Å². The molecule has 0 radical (unpaired) electrons. The van der Waals surface area contributed by atoms with Crippen molar-refractivity contribution in [2.24, 2.45) is 0 Å². The number of nitrogens with one attached hydrogen (secondary N) is 1. The van der Waals surface area contributed by atoms with Crippen molar-refractivity contribution in [3.63, 3.8) is 0 Å². The first-order valence-electron chi connectivity index (χ1n) is 10.6. The van der Waals surface area contributed by atoms with Gasteiger partial charge in [0.2, 0.25) is 15.9 Å². The Balaban J connectivity index is 1.43. The van der Waals surface area contributed by atoms with Gasteiger partial charge in [-0.25, -0.2) is 8.42 Å². The molecule has 0 unspecified atom stereocenters. The Hall–Kier alpha value is -2.09. The number of hydrogen-bond donors (Lipinski definition) is 1. The van der Waals surface area contributed by atoms with Gasteiger partial charge in [-0.1, -0.05) is 35.9 Å². The molecule has 1 aliphatic heterocycles. The molecule has 31 heavy (non-hydrogen) atoms. The summed E-state index contributed by atoms with van der Waals surface area (Å²) in [6, 6.07) is 15.0. The van der Waals surface area contributed by atoms with E-state index in [2.05, 4.69) is 34.5 Å². The van der Waals surface area contributed by atoms with E-state index < -0.39 is 10.0 Å². The largest absolute Gasteiger partial charge is 0.352 e. The Kier molecular flexibility index (Phi) is 8.35. The molecule has 1 N–H and O–H groups in total. The van der Waals surface area contributed by atoms with Crippen LogP contribution in [0, 0.1) is 0 Å². The number of anilines is 1. The second-order valence-corrected chi connectivity index (χ2v) is 10.3. The van der Waals surface area contributed by atoms with E-state index in [1.54, 1.807) is 24.3 Å². The predicted molar refractivity (Wildman–Crippen MR) is 126 cm³/mol. The maximum absolute atomic E-state index is 12.2. The summed E-state index contributed by atoms with van der Waals surface area (Å²) in [6.07, 6.45) is 4.41. The predicted octanol–water partition coefficient (Wildman–Crippen LogP) is 3.80. The molecule has 6 nitrogen and oxygen atoms in total. The molecule has 1 heterocycles. The van der Waals surface area contributed by atoms with Crippen molar-refractivity contribution in [3.8, 4) is 0 Å². The normalized spacial score (nSPS) is 14.5. The Morgan fingerprint density at radius 3 is 2.26 bits per heavy atom. The minimum atomic E-state index is -3.44. The lowest BCUT2D eigenvalue weighted by atomic mass is 10.1. The molecular weight excluding hydrogens is 434 g/mol. The van der Waals surface area contributed by atoms with Gasteiger partial charge in [-0.15, -0.1) is 0 Å². The highest BCUT2D eigenvalue weighted by molar-refractivity contribution is 7.92. The molecule has 1 amide bonds. The molecule has 0 aliphatic carbocycles. The van der Waals surface area contributed by atoms with Crippen molar-refractivity contribution < 1.29 is 13.2 Å². The fourth-order valence-corrected chi connectivity index (χ4v) is 4.82. The van der Waals surface area contributed by atoms with Gasteiger partial charge >= 0.3 is 0 Å². The van der Waals surface area contributed by atoms with E-state index in [1.807, 2.05) is 0 Å². The Bertz CT molecular complexity index is 957. The molecular formula is C23H30ClN3O3S. The first-order chi connectivity index (χ1) is 14.8. The molecule has 1 fully saturated rings. The van der Waals surface area contributed by atoms with Crippen molar-refractivity contribution in [1.82, 2.24) is 10.2 Å². The van der Waals surface area contributed by atoms with Crippen LogP contribution in [0.1, 0.15) is 36.8 Å². The van der Waals surface area contributed by atoms with Gasteiger partial charge in [-0.2, -0.15) is 0 Å². The zero-order valence-corrected chi connectivity index (χ0v) is 19.5. The summed E-state index contributed by atoms with van der Waals surface area (Å²) in [7, 11) is -3.44. The Morgan fingerprint density at radius 1 is 1.03 bits per heavy atom. The zero-order chi connectivity index (χ0) is 22.3. The van der Waals surface area contributed by atoms with E-state index in [0.717, 1.165) is 18.4 Å². The van der Waals surface area contributed by atoms with E-state index in [0.29, 0.717) is 23.7 Å². The molecule has 0 bridgehead atoms. The lowest BCUT2D eigenvalue weighted by Gasteiger charge is -2.22. The molecule has 0 aromatic heterocycles. The van der Waals surface area contributed by atoms with Gasteiger partial charge in [0, 0.05) is 31.1 Å². The highest BCUT2D eigenvalue weighted by Crippen LogP contribution is 2.21. The third-order valence-corrected chi connectivity index (χ3v) is 6.84. The molecule has 168 valence electrons. The summed E-state index contributed by atoms with van der Waals surface area (Å²) in [5.41, 5.74) is 2.89. The van der Waals surface area contributed by atoms with Crippen LogP contribution in [0.3, 0.4) is 0 Å². The van der Waals surface area contributed by atoms with Crippen molar-refractivity contribution in [2.45, 2.75) is 38.8 Å². The highest BCUT2D eigenvalue weighted by atomic mass is 35.5. The van der Waals surface area contributed by atoms with Crippen LogP contribution < -0.4 is 9.62 Å². The molecule has 2 aromatic carbocycles. The number of halogens is 1. The van der Waals surface area contributed by atoms with Gasteiger partial charge < -0.3 is 5.32 Å². The van der Waals surface area contributed by atoms with E-state index in [1.165, 1.54) is 35.8 Å². The number of benzene rings is 2. The number of carbonyl (C=O) groups excluding carboxylic acids is 1. The summed E-state index contributed by atoms with van der Waals surface area (Å²) < 4.78 is 25.6. The number of sulfonamides is 1. The molecule has 2 aromatic rings. The number of nitrogens with zero attached hydrogens (tertiary/aromatic N) is 2. The smallest absolute Gasteiger partial charge is 0.232 e. The number of hydrogen-bond acceptors (Lipinski definition) is 4.